The molecule has 0 amide bonds. The highest BCUT2D eigenvalue weighted by Crippen LogP contribution is 2.43. The molecule has 26 heavy (non-hydrogen) atoms. The molecule has 0 radical (unpaired) electrons. The molecule has 2 aromatic rings. The predicted molar refractivity (Wildman–Crippen MR) is 101 cm³/mol. The number of benzene rings is 2. The highest BCUT2D eigenvalue weighted by molar-refractivity contribution is 5.85. The summed E-state index contributed by atoms with van der Waals surface area (Å²) in [7, 11) is 0. The summed E-state index contributed by atoms with van der Waals surface area (Å²) < 4.78 is 6.41. The van der Waals surface area contributed by atoms with E-state index in [0.717, 1.165) is 41.0 Å². The van der Waals surface area contributed by atoms with E-state index in [1.807, 2.05) is 47.4 Å². The molecule has 0 atom stereocenters. The summed E-state index contributed by atoms with van der Waals surface area (Å²) in [5, 5.41) is 9.02. The van der Waals surface area contributed by atoms with Crippen LogP contribution in [0, 0.1) is 0 Å². The van der Waals surface area contributed by atoms with E-state index in [1.165, 1.54) is 0 Å². The third-order valence-electron chi connectivity index (χ3n) is 5.18. The number of hydrogen-bond acceptors (Lipinski definition) is 4. The number of anilines is 1. The molecular weight excluding hydrogens is 328 g/mol. The highest BCUT2D eigenvalue weighted by atomic mass is 16.5. The van der Waals surface area contributed by atoms with Crippen molar-refractivity contribution in [2.24, 2.45) is 0 Å². The molecule has 5 nitrogen and oxygen atoms in total. The van der Waals surface area contributed by atoms with Gasteiger partial charge in [0, 0.05) is 37.2 Å². The van der Waals surface area contributed by atoms with Crippen LogP contribution in [0.2, 0.25) is 0 Å². The minimum atomic E-state index is -0.783. The number of carbonyl (C=O) groups is 1. The van der Waals surface area contributed by atoms with Crippen molar-refractivity contribution < 1.29 is 14.6 Å². The number of aliphatic carboxylic acids is 1. The molecule has 1 saturated heterocycles. The lowest BCUT2D eigenvalue weighted by molar-refractivity contribution is -0.139. The maximum atomic E-state index is 11.0. The number of ether oxygens (including phenoxy) is 1. The van der Waals surface area contributed by atoms with Gasteiger partial charge in [-0.3, -0.25) is 9.69 Å². The molecule has 0 saturated carbocycles. The van der Waals surface area contributed by atoms with E-state index in [9.17, 15) is 4.79 Å². The van der Waals surface area contributed by atoms with Crippen molar-refractivity contribution in [1.29, 1.82) is 0 Å². The molecule has 2 heterocycles. The monoisotopic (exact) mass is 350 g/mol. The zero-order chi connectivity index (χ0) is 18.1. The Hall–Kier alpha value is -2.79. The summed E-state index contributed by atoms with van der Waals surface area (Å²) in [6.45, 7) is 1.50. The van der Waals surface area contributed by atoms with Crippen LogP contribution in [0.4, 0.5) is 5.69 Å². The van der Waals surface area contributed by atoms with Crippen LogP contribution in [0.1, 0.15) is 24.0 Å². The SMILES string of the molecule is Nc1ccc(C2=CC3(CCN(CC(=O)O)CC3)Oc3ccccc32)cc1. The molecule has 0 aliphatic carbocycles. The number of nitrogens with zero attached hydrogens (tertiary/aromatic N) is 1. The Balaban J connectivity index is 1.69. The lowest BCUT2D eigenvalue weighted by Crippen LogP contribution is -2.49. The Morgan fingerprint density at radius 2 is 1.81 bits per heavy atom. The summed E-state index contributed by atoms with van der Waals surface area (Å²) in [6.07, 6.45) is 3.76. The number of rotatable bonds is 3. The third kappa shape index (κ3) is 3.18. The van der Waals surface area contributed by atoms with Gasteiger partial charge in [-0.25, -0.2) is 0 Å². The average Bonchev–Trinajstić information content (AvgIpc) is 2.64. The van der Waals surface area contributed by atoms with Crippen LogP contribution in [0.5, 0.6) is 5.75 Å². The van der Waals surface area contributed by atoms with Crippen molar-refractivity contribution in [2.75, 3.05) is 25.4 Å². The predicted octanol–water partition coefficient (Wildman–Crippen LogP) is 3.01. The van der Waals surface area contributed by atoms with E-state index in [4.69, 9.17) is 15.6 Å². The molecule has 1 spiro atoms. The first kappa shape index (κ1) is 16.7. The number of piperidine rings is 1. The Morgan fingerprint density at radius 3 is 2.50 bits per heavy atom. The van der Waals surface area contributed by atoms with Gasteiger partial charge in [0.05, 0.1) is 6.54 Å². The van der Waals surface area contributed by atoms with Gasteiger partial charge in [0.1, 0.15) is 11.4 Å². The van der Waals surface area contributed by atoms with Crippen LogP contribution in [-0.2, 0) is 4.79 Å². The van der Waals surface area contributed by atoms with Gasteiger partial charge in [-0.2, -0.15) is 0 Å². The van der Waals surface area contributed by atoms with E-state index in [1.54, 1.807) is 0 Å². The Labute approximate surface area is 152 Å². The number of para-hydroxylation sites is 1. The van der Waals surface area contributed by atoms with Crippen LogP contribution < -0.4 is 10.5 Å². The zero-order valence-electron chi connectivity index (χ0n) is 14.5. The molecule has 0 bridgehead atoms. The fourth-order valence-corrected chi connectivity index (χ4v) is 3.80. The van der Waals surface area contributed by atoms with Gasteiger partial charge in [-0.1, -0.05) is 30.3 Å². The molecule has 0 aromatic heterocycles. The number of hydrogen-bond donors (Lipinski definition) is 2. The molecular formula is C21H22N2O3. The summed E-state index contributed by atoms with van der Waals surface area (Å²) in [4.78, 5) is 12.9. The number of fused-ring (bicyclic) bond motifs is 1. The topological polar surface area (TPSA) is 75.8 Å². The standard InChI is InChI=1S/C21H22N2O3/c22-16-7-5-15(6-8-16)18-13-21(26-19-4-2-1-3-17(18)19)9-11-23(12-10-21)14-20(24)25/h1-8,13H,9-12,14,22H2,(H,24,25). The molecule has 3 N–H and O–H groups in total. The van der Waals surface area contributed by atoms with Gasteiger partial charge < -0.3 is 15.6 Å². The average molecular weight is 350 g/mol. The zero-order valence-corrected chi connectivity index (χ0v) is 14.5. The Kier molecular flexibility index (Phi) is 4.17. The quantitative estimate of drug-likeness (QED) is 0.832. The van der Waals surface area contributed by atoms with E-state index in [0.29, 0.717) is 13.1 Å². The molecule has 2 aliphatic rings. The smallest absolute Gasteiger partial charge is 0.317 e. The van der Waals surface area contributed by atoms with Crippen LogP contribution in [-0.4, -0.2) is 41.2 Å². The second kappa shape index (κ2) is 6.50. The fourth-order valence-electron chi connectivity index (χ4n) is 3.80. The van der Waals surface area contributed by atoms with E-state index in [-0.39, 0.29) is 12.1 Å². The first-order valence-corrected chi connectivity index (χ1v) is 8.86. The number of likely N-dealkylation sites (tertiary alicyclic amines) is 1. The molecule has 134 valence electrons. The summed E-state index contributed by atoms with van der Waals surface area (Å²) in [5.41, 5.74) is 9.54. The summed E-state index contributed by atoms with van der Waals surface area (Å²) >= 11 is 0. The molecule has 0 unspecified atom stereocenters. The normalized spacial score (nSPS) is 18.7. The second-order valence-electron chi connectivity index (χ2n) is 7.01. The Bertz CT molecular complexity index is 850. The molecule has 5 heteroatoms. The maximum absolute atomic E-state index is 11.0. The molecule has 2 aliphatic heterocycles. The molecule has 2 aromatic carbocycles. The summed E-state index contributed by atoms with van der Waals surface area (Å²) in [5.74, 6) is 0.0995. The van der Waals surface area contributed by atoms with Gasteiger partial charge in [-0.15, -0.1) is 0 Å². The number of nitrogens with two attached hydrogens (primary N) is 1. The molecule has 4 rings (SSSR count). The fraction of sp³-hybridized carbons (Fsp3) is 0.286. The maximum Gasteiger partial charge on any atom is 0.317 e. The minimum Gasteiger partial charge on any atom is -0.482 e. The van der Waals surface area contributed by atoms with Crippen molar-refractivity contribution >= 4 is 17.2 Å². The van der Waals surface area contributed by atoms with Crippen molar-refractivity contribution in [2.45, 2.75) is 18.4 Å². The van der Waals surface area contributed by atoms with Crippen LogP contribution in [0.3, 0.4) is 0 Å². The van der Waals surface area contributed by atoms with Crippen molar-refractivity contribution in [1.82, 2.24) is 4.90 Å². The van der Waals surface area contributed by atoms with Gasteiger partial charge in [0.2, 0.25) is 0 Å². The van der Waals surface area contributed by atoms with E-state index >= 15 is 0 Å². The number of carboxylic acid groups (broad SMARTS) is 1. The van der Waals surface area contributed by atoms with E-state index in [2.05, 4.69) is 12.1 Å². The van der Waals surface area contributed by atoms with Crippen LogP contribution >= 0.6 is 0 Å². The van der Waals surface area contributed by atoms with Gasteiger partial charge in [0.15, 0.2) is 0 Å². The number of carboxylic acids is 1. The molecule has 1 fully saturated rings. The third-order valence-corrected chi connectivity index (χ3v) is 5.18. The first-order chi connectivity index (χ1) is 12.5. The summed E-state index contributed by atoms with van der Waals surface area (Å²) in [6, 6.07) is 16.0. The lowest BCUT2D eigenvalue weighted by Gasteiger charge is -2.42. The van der Waals surface area contributed by atoms with Gasteiger partial charge in [-0.05, 0) is 35.4 Å². The lowest BCUT2D eigenvalue weighted by atomic mass is 9.83. The van der Waals surface area contributed by atoms with E-state index < -0.39 is 5.97 Å². The first-order valence-electron chi connectivity index (χ1n) is 8.86. The van der Waals surface area contributed by atoms with Gasteiger partial charge in [0.25, 0.3) is 0 Å². The van der Waals surface area contributed by atoms with Crippen LogP contribution in [0.15, 0.2) is 54.6 Å². The van der Waals surface area contributed by atoms with Crippen molar-refractivity contribution in [3.63, 3.8) is 0 Å². The van der Waals surface area contributed by atoms with Gasteiger partial charge >= 0.3 is 5.97 Å². The van der Waals surface area contributed by atoms with Crippen LogP contribution in [0.25, 0.3) is 5.57 Å². The largest absolute Gasteiger partial charge is 0.482 e. The highest BCUT2D eigenvalue weighted by Gasteiger charge is 2.39. The Morgan fingerprint density at radius 1 is 1.12 bits per heavy atom. The second-order valence-corrected chi connectivity index (χ2v) is 7.01. The van der Waals surface area contributed by atoms with Crippen molar-refractivity contribution in [3.05, 3.63) is 65.7 Å². The van der Waals surface area contributed by atoms with Crippen molar-refractivity contribution in [3.8, 4) is 5.75 Å². The number of nitrogen functional groups attached to an aromatic ring is 1. The minimum absolute atomic E-state index is 0.0845.